The Labute approximate surface area is 49.4 Å². The van der Waals surface area contributed by atoms with Gasteiger partial charge < -0.3 is 9.35 Å². The molecule has 0 radical (unpaired) electrons. The van der Waals surface area contributed by atoms with Crippen molar-refractivity contribution in [3.8, 4) is 0 Å². The number of aldehydes is 1. The van der Waals surface area contributed by atoms with Gasteiger partial charge in [-0.05, 0) is 12.8 Å². The van der Waals surface area contributed by atoms with Crippen LogP contribution in [-0.4, -0.2) is 19.8 Å². The number of hydrogen-bond donors (Lipinski definition) is 1. The monoisotopic (exact) mass is 134 g/mol. The predicted octanol–water partition coefficient (Wildman–Crippen LogP) is -0.0604. The lowest BCUT2D eigenvalue weighted by atomic mass is 10.5. The van der Waals surface area contributed by atoms with Crippen molar-refractivity contribution in [2.24, 2.45) is 0 Å². The molecular weight excluding hydrogens is 128 g/mol. The predicted molar refractivity (Wildman–Crippen MR) is 28.8 cm³/mol. The fourth-order valence-corrected chi connectivity index (χ4v) is 0.990. The molecule has 8 heavy (non-hydrogen) atoms. The van der Waals surface area contributed by atoms with Gasteiger partial charge in [0.1, 0.15) is 11.0 Å². The van der Waals surface area contributed by atoms with Crippen molar-refractivity contribution in [2.45, 2.75) is 17.6 Å². The molecule has 1 aliphatic carbocycles. The van der Waals surface area contributed by atoms with Crippen LogP contribution in [0.4, 0.5) is 0 Å². The highest BCUT2D eigenvalue weighted by Crippen LogP contribution is 2.38. The van der Waals surface area contributed by atoms with Gasteiger partial charge in [-0.1, -0.05) is 0 Å². The highest BCUT2D eigenvalue weighted by Gasteiger charge is 2.48. The number of carbonyl (C=O) groups is 1. The molecule has 46 valence electrons. The second-order valence-corrected chi connectivity index (χ2v) is 3.24. The van der Waals surface area contributed by atoms with Crippen LogP contribution in [0.2, 0.25) is 0 Å². The van der Waals surface area contributed by atoms with E-state index in [2.05, 4.69) is 0 Å². The largest absolute Gasteiger partial charge is 0.305 e. The van der Waals surface area contributed by atoms with Crippen LogP contribution in [0.1, 0.15) is 12.8 Å². The van der Waals surface area contributed by atoms with Gasteiger partial charge in [0.05, 0.1) is 0 Å². The number of rotatable bonds is 2. The Morgan fingerprint density at radius 1 is 1.62 bits per heavy atom. The normalized spacial score (nSPS) is 26.6. The minimum atomic E-state index is -1.93. The third-order valence-corrected chi connectivity index (χ3v) is 2.51. The second kappa shape index (κ2) is 1.63. The minimum absolute atomic E-state index is 0.569. The molecule has 1 rings (SSSR count). The standard InChI is InChI=1S/C4H6O3S/c5-3-4(1-2-4)8(6)7/h3H,1-2H2,(H,6,7). The SMILES string of the molecule is O=CC1(S(=O)O)CC1. The summed E-state index contributed by atoms with van der Waals surface area (Å²) in [7, 11) is 0. The fraction of sp³-hybridized carbons (Fsp3) is 0.750. The second-order valence-electron chi connectivity index (χ2n) is 1.93. The molecular formula is C4H6O3S. The summed E-state index contributed by atoms with van der Waals surface area (Å²) in [5.41, 5.74) is 0. The first-order valence-electron chi connectivity index (χ1n) is 2.28. The van der Waals surface area contributed by atoms with Gasteiger partial charge in [0.25, 0.3) is 0 Å². The van der Waals surface area contributed by atoms with E-state index in [-0.39, 0.29) is 0 Å². The lowest BCUT2D eigenvalue weighted by molar-refractivity contribution is -0.108. The van der Waals surface area contributed by atoms with Crippen molar-refractivity contribution in [1.82, 2.24) is 0 Å². The van der Waals surface area contributed by atoms with E-state index >= 15 is 0 Å². The molecule has 0 heterocycles. The average molecular weight is 134 g/mol. The molecule has 0 aromatic rings. The molecule has 1 N–H and O–H groups in total. The third-order valence-electron chi connectivity index (χ3n) is 1.31. The lowest BCUT2D eigenvalue weighted by Gasteiger charge is -1.94. The highest BCUT2D eigenvalue weighted by molar-refractivity contribution is 7.81. The Hall–Kier alpha value is -0.220. The van der Waals surface area contributed by atoms with Gasteiger partial charge in [-0.2, -0.15) is 0 Å². The van der Waals surface area contributed by atoms with E-state index in [4.69, 9.17) is 4.55 Å². The summed E-state index contributed by atoms with van der Waals surface area (Å²) in [4.78, 5) is 9.98. The van der Waals surface area contributed by atoms with E-state index in [9.17, 15) is 9.00 Å². The van der Waals surface area contributed by atoms with Crippen molar-refractivity contribution in [3.63, 3.8) is 0 Å². The summed E-state index contributed by atoms with van der Waals surface area (Å²) in [5.74, 6) is 0. The third kappa shape index (κ3) is 0.695. The minimum Gasteiger partial charge on any atom is -0.305 e. The Morgan fingerprint density at radius 2 is 2.12 bits per heavy atom. The molecule has 0 aromatic carbocycles. The molecule has 1 saturated carbocycles. The number of carbonyl (C=O) groups excluding carboxylic acids is 1. The first-order valence-corrected chi connectivity index (χ1v) is 3.39. The zero-order chi connectivity index (χ0) is 6.20. The summed E-state index contributed by atoms with van der Waals surface area (Å²) in [6.45, 7) is 0. The van der Waals surface area contributed by atoms with Crippen molar-refractivity contribution >= 4 is 17.4 Å². The summed E-state index contributed by atoms with van der Waals surface area (Å²) < 4.78 is 17.7. The Kier molecular flexibility index (Phi) is 1.21. The zero-order valence-corrected chi connectivity index (χ0v) is 4.98. The van der Waals surface area contributed by atoms with Gasteiger partial charge in [0.2, 0.25) is 0 Å². The van der Waals surface area contributed by atoms with Gasteiger partial charge in [0, 0.05) is 0 Å². The smallest absolute Gasteiger partial charge is 0.166 e. The van der Waals surface area contributed by atoms with Crippen molar-refractivity contribution in [2.75, 3.05) is 0 Å². The number of hydrogen-bond acceptors (Lipinski definition) is 2. The van der Waals surface area contributed by atoms with E-state index in [1.54, 1.807) is 0 Å². The summed E-state index contributed by atoms with van der Waals surface area (Å²) >= 11 is -1.93. The van der Waals surface area contributed by atoms with Crippen molar-refractivity contribution < 1.29 is 13.6 Å². The molecule has 0 spiro atoms. The Bertz CT molecular complexity index is 138. The zero-order valence-electron chi connectivity index (χ0n) is 4.16. The van der Waals surface area contributed by atoms with Crippen LogP contribution in [0.3, 0.4) is 0 Å². The fourth-order valence-electron chi connectivity index (χ4n) is 0.457. The van der Waals surface area contributed by atoms with E-state index in [0.717, 1.165) is 0 Å². The van der Waals surface area contributed by atoms with Crippen LogP contribution in [-0.2, 0) is 15.9 Å². The van der Waals surface area contributed by atoms with Crippen molar-refractivity contribution in [3.05, 3.63) is 0 Å². The van der Waals surface area contributed by atoms with Crippen LogP contribution >= 0.6 is 0 Å². The summed E-state index contributed by atoms with van der Waals surface area (Å²) in [6.07, 6.45) is 1.71. The lowest BCUT2D eigenvalue weighted by Crippen LogP contribution is -2.16. The molecule has 4 heteroatoms. The van der Waals surface area contributed by atoms with Gasteiger partial charge in [0.15, 0.2) is 11.1 Å². The molecule has 1 aliphatic rings. The van der Waals surface area contributed by atoms with E-state index in [0.29, 0.717) is 19.1 Å². The van der Waals surface area contributed by atoms with Crippen LogP contribution in [0.15, 0.2) is 0 Å². The molecule has 0 saturated heterocycles. The molecule has 1 fully saturated rings. The molecule has 3 nitrogen and oxygen atoms in total. The maximum absolute atomic E-state index is 10.2. The first kappa shape index (κ1) is 5.91. The van der Waals surface area contributed by atoms with Crippen LogP contribution < -0.4 is 0 Å². The molecule has 0 bridgehead atoms. The van der Waals surface area contributed by atoms with Crippen LogP contribution in [0, 0.1) is 0 Å². The van der Waals surface area contributed by atoms with E-state index < -0.39 is 15.8 Å². The van der Waals surface area contributed by atoms with Crippen LogP contribution in [0.25, 0.3) is 0 Å². The summed E-state index contributed by atoms with van der Waals surface area (Å²) in [6, 6.07) is 0. The Balaban J connectivity index is 2.66. The highest BCUT2D eigenvalue weighted by atomic mass is 32.2. The molecule has 0 aromatic heterocycles. The van der Waals surface area contributed by atoms with Gasteiger partial charge >= 0.3 is 0 Å². The van der Waals surface area contributed by atoms with Gasteiger partial charge in [-0.3, -0.25) is 0 Å². The maximum atomic E-state index is 10.2. The molecule has 1 atom stereocenters. The maximum Gasteiger partial charge on any atom is 0.166 e. The summed E-state index contributed by atoms with van der Waals surface area (Å²) in [5, 5.41) is 0. The molecule has 1 unspecified atom stereocenters. The van der Waals surface area contributed by atoms with Crippen LogP contribution in [0.5, 0.6) is 0 Å². The van der Waals surface area contributed by atoms with E-state index in [1.807, 2.05) is 0 Å². The van der Waals surface area contributed by atoms with Crippen molar-refractivity contribution in [1.29, 1.82) is 0 Å². The molecule has 0 amide bonds. The van der Waals surface area contributed by atoms with E-state index in [1.165, 1.54) is 0 Å². The first-order chi connectivity index (χ1) is 3.71. The quantitative estimate of drug-likeness (QED) is 0.425. The van der Waals surface area contributed by atoms with Gasteiger partial charge in [-0.25, -0.2) is 4.21 Å². The van der Waals surface area contributed by atoms with Gasteiger partial charge in [-0.15, -0.1) is 0 Å². The average Bonchev–Trinajstić information content (AvgIpc) is 2.44. The Morgan fingerprint density at radius 3 is 2.12 bits per heavy atom. The molecule has 0 aliphatic heterocycles. The topological polar surface area (TPSA) is 54.4 Å².